The van der Waals surface area contributed by atoms with Crippen molar-refractivity contribution in [2.24, 2.45) is 0 Å². The Bertz CT molecular complexity index is 725. The summed E-state index contributed by atoms with van der Waals surface area (Å²) in [5.41, 5.74) is 2.16. The number of para-hydroxylation sites is 1. The molecule has 3 rings (SSSR count). The number of ether oxygens (including phenoxy) is 1. The molecule has 3 aromatic rings. The molecule has 0 radical (unpaired) electrons. The van der Waals surface area contributed by atoms with Gasteiger partial charge in [-0.25, -0.2) is 9.67 Å². The molecule has 2 aromatic heterocycles. The molecule has 1 unspecified atom stereocenters. The predicted octanol–water partition coefficient (Wildman–Crippen LogP) is 2.36. The number of hydrogen-bond acceptors (Lipinski definition) is 4. The van der Waals surface area contributed by atoms with Crippen LogP contribution in [0.25, 0.3) is 5.69 Å². The number of nitrogens with zero attached hydrogens (tertiary/aromatic N) is 3. The van der Waals surface area contributed by atoms with Crippen molar-refractivity contribution in [2.45, 2.75) is 6.10 Å². The number of aliphatic hydroxyl groups excluding tert-OH is 1. The number of benzene rings is 1. The molecule has 0 spiro atoms. The summed E-state index contributed by atoms with van der Waals surface area (Å²) in [5.74, 6) is 0.408. The van der Waals surface area contributed by atoms with Crippen LogP contribution in [0, 0.1) is 0 Å². The van der Waals surface area contributed by atoms with Crippen molar-refractivity contribution in [3.8, 4) is 11.6 Å². The molecule has 21 heavy (non-hydrogen) atoms. The molecule has 5 nitrogen and oxygen atoms in total. The van der Waals surface area contributed by atoms with Crippen LogP contribution in [-0.4, -0.2) is 27.0 Å². The largest absolute Gasteiger partial charge is 0.481 e. The van der Waals surface area contributed by atoms with Crippen LogP contribution in [0.1, 0.15) is 17.4 Å². The van der Waals surface area contributed by atoms with Crippen LogP contribution in [0.15, 0.2) is 60.9 Å². The van der Waals surface area contributed by atoms with Gasteiger partial charge in [0.2, 0.25) is 5.88 Å². The lowest BCUT2D eigenvalue weighted by Gasteiger charge is -2.15. The maximum absolute atomic E-state index is 10.7. The Morgan fingerprint density at radius 2 is 1.86 bits per heavy atom. The van der Waals surface area contributed by atoms with Crippen LogP contribution < -0.4 is 4.74 Å². The Morgan fingerprint density at radius 1 is 1.05 bits per heavy atom. The Hall–Kier alpha value is -2.66. The van der Waals surface area contributed by atoms with Crippen LogP contribution in [0.4, 0.5) is 0 Å². The molecule has 1 N–H and O–H groups in total. The van der Waals surface area contributed by atoms with Crippen molar-refractivity contribution in [2.75, 3.05) is 7.11 Å². The van der Waals surface area contributed by atoms with E-state index in [1.165, 1.54) is 7.11 Å². The zero-order valence-corrected chi connectivity index (χ0v) is 11.5. The molecular formula is C16H15N3O2. The van der Waals surface area contributed by atoms with Crippen molar-refractivity contribution >= 4 is 0 Å². The summed E-state index contributed by atoms with van der Waals surface area (Å²) in [5, 5.41) is 14.9. The normalized spacial score (nSPS) is 12.1. The predicted molar refractivity (Wildman–Crippen MR) is 78.4 cm³/mol. The van der Waals surface area contributed by atoms with Gasteiger partial charge in [0.1, 0.15) is 6.10 Å². The summed E-state index contributed by atoms with van der Waals surface area (Å²) in [7, 11) is 1.53. The first-order chi connectivity index (χ1) is 10.3. The van der Waals surface area contributed by atoms with Crippen LogP contribution >= 0.6 is 0 Å². The van der Waals surface area contributed by atoms with Crippen molar-refractivity contribution < 1.29 is 9.84 Å². The van der Waals surface area contributed by atoms with Crippen molar-refractivity contribution in [3.63, 3.8) is 0 Å². The Kier molecular flexibility index (Phi) is 3.66. The van der Waals surface area contributed by atoms with Gasteiger partial charge >= 0.3 is 0 Å². The highest BCUT2D eigenvalue weighted by Gasteiger charge is 2.20. The van der Waals surface area contributed by atoms with E-state index in [1.54, 1.807) is 35.3 Å². The Morgan fingerprint density at radius 3 is 2.62 bits per heavy atom. The van der Waals surface area contributed by atoms with Crippen molar-refractivity contribution in [1.82, 2.24) is 14.8 Å². The smallest absolute Gasteiger partial charge is 0.219 e. The average Bonchev–Trinajstić information content (AvgIpc) is 3.04. The molecule has 1 atom stereocenters. The summed E-state index contributed by atoms with van der Waals surface area (Å²) in [6.07, 6.45) is 2.43. The minimum absolute atomic E-state index is 0.408. The quantitative estimate of drug-likeness (QED) is 0.797. The molecule has 0 amide bonds. The Balaban J connectivity index is 2.04. The summed E-state index contributed by atoms with van der Waals surface area (Å²) in [6.45, 7) is 0. The van der Waals surface area contributed by atoms with E-state index in [1.807, 2.05) is 30.3 Å². The van der Waals surface area contributed by atoms with E-state index in [4.69, 9.17) is 4.74 Å². The van der Waals surface area contributed by atoms with Crippen LogP contribution in [0.2, 0.25) is 0 Å². The van der Waals surface area contributed by atoms with Gasteiger partial charge in [0, 0.05) is 18.0 Å². The molecule has 1 aromatic carbocycles. The second-order valence-corrected chi connectivity index (χ2v) is 4.51. The lowest BCUT2D eigenvalue weighted by atomic mass is 10.1. The van der Waals surface area contributed by atoms with Gasteiger partial charge in [0.25, 0.3) is 0 Å². The number of aromatic nitrogens is 3. The highest BCUT2D eigenvalue weighted by molar-refractivity contribution is 5.38. The van der Waals surface area contributed by atoms with Gasteiger partial charge in [0.05, 0.1) is 18.5 Å². The van der Waals surface area contributed by atoms with E-state index in [0.717, 1.165) is 5.69 Å². The minimum atomic E-state index is -0.864. The van der Waals surface area contributed by atoms with E-state index in [0.29, 0.717) is 17.1 Å². The fourth-order valence-electron chi connectivity index (χ4n) is 2.25. The van der Waals surface area contributed by atoms with E-state index in [2.05, 4.69) is 10.1 Å². The zero-order valence-electron chi connectivity index (χ0n) is 11.5. The molecular weight excluding hydrogens is 266 g/mol. The van der Waals surface area contributed by atoms with Crippen molar-refractivity contribution in [3.05, 3.63) is 72.2 Å². The highest BCUT2D eigenvalue weighted by atomic mass is 16.5. The summed E-state index contributed by atoms with van der Waals surface area (Å²) >= 11 is 0. The number of hydrogen-bond donors (Lipinski definition) is 1. The molecule has 0 saturated carbocycles. The summed E-state index contributed by atoms with van der Waals surface area (Å²) in [6, 6.07) is 15.0. The van der Waals surface area contributed by atoms with E-state index in [9.17, 15) is 5.11 Å². The van der Waals surface area contributed by atoms with Gasteiger partial charge in [-0.15, -0.1) is 0 Å². The molecule has 0 aliphatic heterocycles. The number of aliphatic hydroxyl groups is 1. The average molecular weight is 281 g/mol. The van der Waals surface area contributed by atoms with Crippen LogP contribution in [0.3, 0.4) is 0 Å². The van der Waals surface area contributed by atoms with Crippen LogP contribution in [0.5, 0.6) is 5.88 Å². The molecule has 2 heterocycles. The standard InChI is InChI=1S/C16H15N3O2/c1-21-16-13(8-5-10-17-16)15(20)14-9-11-18-19(14)12-6-3-2-4-7-12/h2-11,15,20H,1H3. The molecule has 0 aliphatic carbocycles. The minimum Gasteiger partial charge on any atom is -0.481 e. The fourth-order valence-corrected chi connectivity index (χ4v) is 2.25. The third kappa shape index (κ3) is 2.51. The number of rotatable bonds is 4. The van der Waals surface area contributed by atoms with Gasteiger partial charge < -0.3 is 9.84 Å². The van der Waals surface area contributed by atoms with Gasteiger partial charge in [0.15, 0.2) is 0 Å². The van der Waals surface area contributed by atoms with E-state index < -0.39 is 6.10 Å². The molecule has 0 saturated heterocycles. The number of methoxy groups -OCH3 is 1. The lowest BCUT2D eigenvalue weighted by Crippen LogP contribution is -2.10. The monoisotopic (exact) mass is 281 g/mol. The number of pyridine rings is 1. The molecule has 0 bridgehead atoms. The maximum atomic E-state index is 10.7. The van der Waals surface area contributed by atoms with Crippen molar-refractivity contribution in [1.29, 1.82) is 0 Å². The first kappa shape index (κ1) is 13.3. The maximum Gasteiger partial charge on any atom is 0.219 e. The lowest BCUT2D eigenvalue weighted by molar-refractivity contribution is 0.205. The third-order valence-electron chi connectivity index (χ3n) is 3.24. The fraction of sp³-hybridized carbons (Fsp3) is 0.125. The second-order valence-electron chi connectivity index (χ2n) is 4.51. The first-order valence-electron chi connectivity index (χ1n) is 6.57. The Labute approximate surface area is 122 Å². The van der Waals surface area contributed by atoms with E-state index in [-0.39, 0.29) is 0 Å². The third-order valence-corrected chi connectivity index (χ3v) is 3.24. The summed E-state index contributed by atoms with van der Waals surface area (Å²) in [4.78, 5) is 4.12. The van der Waals surface area contributed by atoms with E-state index >= 15 is 0 Å². The molecule has 0 fully saturated rings. The highest BCUT2D eigenvalue weighted by Crippen LogP contribution is 2.28. The second kappa shape index (κ2) is 5.76. The first-order valence-corrected chi connectivity index (χ1v) is 6.57. The zero-order chi connectivity index (χ0) is 14.7. The molecule has 106 valence electrons. The van der Waals surface area contributed by atoms with Gasteiger partial charge in [-0.2, -0.15) is 5.10 Å². The molecule has 0 aliphatic rings. The van der Waals surface area contributed by atoms with Gasteiger partial charge in [-0.05, 0) is 30.3 Å². The topological polar surface area (TPSA) is 60.2 Å². The van der Waals surface area contributed by atoms with Crippen LogP contribution in [-0.2, 0) is 0 Å². The van der Waals surface area contributed by atoms with Gasteiger partial charge in [-0.3, -0.25) is 0 Å². The summed E-state index contributed by atoms with van der Waals surface area (Å²) < 4.78 is 6.91. The SMILES string of the molecule is COc1ncccc1C(O)c1ccnn1-c1ccccc1. The van der Waals surface area contributed by atoms with Gasteiger partial charge in [-0.1, -0.05) is 18.2 Å². The molecule has 5 heteroatoms.